The van der Waals surface area contributed by atoms with Crippen molar-refractivity contribution >= 4 is 34.3 Å². The van der Waals surface area contributed by atoms with E-state index in [1.54, 1.807) is 48.1 Å². The number of fused-ring (bicyclic) bond motifs is 1. The molecule has 1 aromatic carbocycles. The number of carboxylic acid groups (broad SMARTS) is 1. The number of rotatable bonds is 4. The minimum atomic E-state index is -0.998. The third-order valence-corrected chi connectivity index (χ3v) is 3.83. The largest absolute Gasteiger partial charge is 0.481 e. The fourth-order valence-corrected chi connectivity index (χ4v) is 2.75. The molecule has 6 heteroatoms. The molecular formula is C16H13ClN2O3. The van der Waals surface area contributed by atoms with Crippen molar-refractivity contribution in [3.8, 4) is 0 Å². The molecule has 0 aliphatic heterocycles. The number of carbonyl (C=O) groups is 2. The molecule has 2 aromatic heterocycles. The van der Waals surface area contributed by atoms with E-state index in [4.69, 9.17) is 16.7 Å². The molecule has 0 amide bonds. The van der Waals surface area contributed by atoms with E-state index in [9.17, 15) is 9.59 Å². The third-order valence-electron chi connectivity index (χ3n) is 3.60. The molecular weight excluding hydrogens is 304 g/mol. The van der Waals surface area contributed by atoms with Crippen LogP contribution in [-0.2, 0) is 18.3 Å². The molecule has 3 rings (SSSR count). The Morgan fingerprint density at radius 3 is 2.73 bits per heavy atom. The van der Waals surface area contributed by atoms with E-state index in [1.165, 1.54) is 0 Å². The molecule has 2 heterocycles. The maximum Gasteiger partial charge on any atom is 0.307 e. The maximum atomic E-state index is 12.7. The molecule has 0 saturated carbocycles. The second-order valence-electron chi connectivity index (χ2n) is 5.07. The molecule has 0 saturated heterocycles. The van der Waals surface area contributed by atoms with Gasteiger partial charge in [-0.25, -0.2) is 0 Å². The number of carbonyl (C=O) groups excluding carboxylic acids is 1. The Morgan fingerprint density at radius 1 is 1.32 bits per heavy atom. The van der Waals surface area contributed by atoms with Crippen molar-refractivity contribution in [2.45, 2.75) is 6.42 Å². The summed E-state index contributed by atoms with van der Waals surface area (Å²) < 4.78 is 1.70. The van der Waals surface area contributed by atoms with Crippen molar-refractivity contribution in [1.29, 1.82) is 0 Å². The Bertz CT molecular complexity index is 892. The van der Waals surface area contributed by atoms with Gasteiger partial charge in [0, 0.05) is 34.7 Å². The summed E-state index contributed by atoms with van der Waals surface area (Å²) in [5.74, 6) is -1.24. The van der Waals surface area contributed by atoms with Crippen LogP contribution in [0.4, 0.5) is 0 Å². The zero-order chi connectivity index (χ0) is 15.9. The highest BCUT2D eigenvalue weighted by molar-refractivity contribution is 6.31. The average molecular weight is 317 g/mol. The molecule has 0 aliphatic rings. The SMILES string of the molecule is Cn1cccc1C(=O)c1[nH]c2ccc(Cl)cc2c1CC(=O)O. The van der Waals surface area contributed by atoms with Gasteiger partial charge in [-0.1, -0.05) is 11.6 Å². The highest BCUT2D eigenvalue weighted by Gasteiger charge is 2.22. The lowest BCUT2D eigenvalue weighted by molar-refractivity contribution is -0.136. The van der Waals surface area contributed by atoms with Crippen LogP contribution in [0.3, 0.4) is 0 Å². The number of aryl methyl sites for hydroxylation is 1. The topological polar surface area (TPSA) is 75.1 Å². The summed E-state index contributed by atoms with van der Waals surface area (Å²) in [6.07, 6.45) is 1.52. The number of nitrogens with zero attached hydrogens (tertiary/aromatic N) is 1. The van der Waals surface area contributed by atoms with Crippen molar-refractivity contribution in [2.24, 2.45) is 7.05 Å². The summed E-state index contributed by atoms with van der Waals surface area (Å²) in [6.45, 7) is 0. The van der Waals surface area contributed by atoms with Crippen molar-refractivity contribution < 1.29 is 14.7 Å². The molecule has 0 bridgehead atoms. The van der Waals surface area contributed by atoms with E-state index in [0.29, 0.717) is 32.9 Å². The van der Waals surface area contributed by atoms with Gasteiger partial charge in [0.2, 0.25) is 5.78 Å². The summed E-state index contributed by atoms with van der Waals surface area (Å²) in [5.41, 5.74) is 1.93. The van der Waals surface area contributed by atoms with Crippen LogP contribution in [0.2, 0.25) is 5.02 Å². The number of ketones is 1. The number of carboxylic acids is 1. The highest BCUT2D eigenvalue weighted by Crippen LogP contribution is 2.27. The van der Waals surface area contributed by atoms with E-state index in [2.05, 4.69) is 4.98 Å². The first-order chi connectivity index (χ1) is 10.5. The van der Waals surface area contributed by atoms with Gasteiger partial charge in [0.05, 0.1) is 17.8 Å². The molecule has 0 aliphatic carbocycles. The number of halogens is 1. The smallest absolute Gasteiger partial charge is 0.307 e. The zero-order valence-corrected chi connectivity index (χ0v) is 12.5. The second-order valence-corrected chi connectivity index (χ2v) is 5.51. The van der Waals surface area contributed by atoms with Gasteiger partial charge in [-0.2, -0.15) is 0 Å². The summed E-state index contributed by atoms with van der Waals surface area (Å²) in [7, 11) is 1.77. The van der Waals surface area contributed by atoms with Crippen molar-refractivity contribution in [3.63, 3.8) is 0 Å². The fraction of sp³-hybridized carbons (Fsp3) is 0.125. The molecule has 2 N–H and O–H groups in total. The van der Waals surface area contributed by atoms with Gasteiger partial charge in [-0.15, -0.1) is 0 Å². The van der Waals surface area contributed by atoms with Gasteiger partial charge in [0.1, 0.15) is 0 Å². The zero-order valence-electron chi connectivity index (χ0n) is 11.8. The maximum absolute atomic E-state index is 12.7. The standard InChI is InChI=1S/C16H13ClN2O3/c1-19-6-2-3-13(19)16(22)15-11(8-14(20)21)10-7-9(17)4-5-12(10)18-15/h2-7,18H,8H2,1H3,(H,20,21). The third kappa shape index (κ3) is 2.40. The number of nitrogens with one attached hydrogen (secondary N) is 1. The quantitative estimate of drug-likeness (QED) is 0.726. The van der Waals surface area contributed by atoms with Crippen LogP contribution < -0.4 is 0 Å². The molecule has 0 radical (unpaired) electrons. The second kappa shape index (κ2) is 5.35. The summed E-state index contributed by atoms with van der Waals surface area (Å²) >= 11 is 5.99. The monoisotopic (exact) mass is 316 g/mol. The Balaban J connectivity index is 2.22. The summed E-state index contributed by atoms with van der Waals surface area (Å²) in [6, 6.07) is 8.58. The van der Waals surface area contributed by atoms with Gasteiger partial charge < -0.3 is 14.7 Å². The summed E-state index contributed by atoms with van der Waals surface area (Å²) in [4.78, 5) is 26.9. The molecule has 5 nitrogen and oxygen atoms in total. The molecule has 0 atom stereocenters. The fourth-order valence-electron chi connectivity index (χ4n) is 2.57. The molecule has 0 unspecified atom stereocenters. The number of aromatic nitrogens is 2. The van der Waals surface area contributed by atoms with Crippen LogP contribution in [-0.4, -0.2) is 26.4 Å². The number of aliphatic carboxylic acids is 1. The average Bonchev–Trinajstić information content (AvgIpc) is 3.02. The van der Waals surface area contributed by atoms with Crippen LogP contribution in [0.1, 0.15) is 21.7 Å². The molecule has 3 aromatic rings. The molecule has 0 fully saturated rings. The van der Waals surface area contributed by atoms with E-state index in [-0.39, 0.29) is 12.2 Å². The Kier molecular flexibility index (Phi) is 3.50. The number of benzene rings is 1. The minimum absolute atomic E-state index is 0.240. The predicted octanol–water partition coefficient (Wildman–Crippen LogP) is 3.02. The van der Waals surface area contributed by atoms with E-state index < -0.39 is 5.97 Å². The molecule has 22 heavy (non-hydrogen) atoms. The van der Waals surface area contributed by atoms with Crippen LogP contribution in [0.5, 0.6) is 0 Å². The Hall–Kier alpha value is -2.53. The van der Waals surface area contributed by atoms with Crippen LogP contribution in [0.25, 0.3) is 10.9 Å². The van der Waals surface area contributed by atoms with Gasteiger partial charge in [0.15, 0.2) is 0 Å². The van der Waals surface area contributed by atoms with Crippen LogP contribution in [0.15, 0.2) is 36.5 Å². The Morgan fingerprint density at radius 2 is 2.09 bits per heavy atom. The summed E-state index contributed by atoms with van der Waals surface area (Å²) in [5, 5.41) is 10.3. The number of aromatic amines is 1. The van der Waals surface area contributed by atoms with E-state index in [1.807, 2.05) is 0 Å². The first kappa shape index (κ1) is 14.4. The van der Waals surface area contributed by atoms with Crippen molar-refractivity contribution in [3.05, 3.63) is 58.5 Å². The first-order valence-corrected chi connectivity index (χ1v) is 7.03. The molecule has 112 valence electrons. The number of H-pyrrole nitrogens is 1. The lowest BCUT2D eigenvalue weighted by Gasteiger charge is -2.04. The first-order valence-electron chi connectivity index (χ1n) is 6.65. The van der Waals surface area contributed by atoms with Gasteiger partial charge in [-0.05, 0) is 30.3 Å². The van der Waals surface area contributed by atoms with Crippen molar-refractivity contribution in [2.75, 3.05) is 0 Å². The van der Waals surface area contributed by atoms with Gasteiger partial charge >= 0.3 is 5.97 Å². The lowest BCUT2D eigenvalue weighted by atomic mass is 10.0. The molecule has 0 spiro atoms. The van der Waals surface area contributed by atoms with Crippen LogP contribution >= 0.6 is 11.6 Å². The van der Waals surface area contributed by atoms with Crippen molar-refractivity contribution in [1.82, 2.24) is 9.55 Å². The lowest BCUT2D eigenvalue weighted by Crippen LogP contribution is -2.11. The van der Waals surface area contributed by atoms with Crippen LogP contribution in [0, 0.1) is 0 Å². The predicted molar refractivity (Wildman–Crippen MR) is 83.5 cm³/mol. The normalized spacial score (nSPS) is 11.0. The minimum Gasteiger partial charge on any atom is -0.481 e. The highest BCUT2D eigenvalue weighted by atomic mass is 35.5. The number of hydrogen-bond acceptors (Lipinski definition) is 2. The Labute approximate surface area is 131 Å². The number of hydrogen-bond donors (Lipinski definition) is 2. The van der Waals surface area contributed by atoms with E-state index >= 15 is 0 Å². The van der Waals surface area contributed by atoms with Gasteiger partial charge in [0.25, 0.3) is 0 Å². The van der Waals surface area contributed by atoms with Gasteiger partial charge in [-0.3, -0.25) is 9.59 Å². The van der Waals surface area contributed by atoms with E-state index in [0.717, 1.165) is 0 Å².